The van der Waals surface area contributed by atoms with Gasteiger partial charge in [-0.05, 0) is 19.8 Å². The average molecular weight is 303 g/mol. The van der Waals surface area contributed by atoms with Gasteiger partial charge >= 0.3 is 0 Å². The summed E-state index contributed by atoms with van der Waals surface area (Å²) in [7, 11) is 0. The minimum atomic E-state index is -0.0371. The first kappa shape index (κ1) is 13.9. The molecular weight excluding hydrogens is 286 g/mol. The highest BCUT2D eigenvalue weighted by molar-refractivity contribution is 7.15. The molecule has 0 saturated carbocycles. The van der Waals surface area contributed by atoms with Crippen molar-refractivity contribution >= 4 is 28.2 Å². The van der Waals surface area contributed by atoms with Crippen LogP contribution in [-0.2, 0) is 4.79 Å². The van der Waals surface area contributed by atoms with Gasteiger partial charge in [-0.25, -0.2) is 9.97 Å². The van der Waals surface area contributed by atoms with E-state index >= 15 is 0 Å². The fourth-order valence-electron chi connectivity index (χ4n) is 2.47. The van der Waals surface area contributed by atoms with E-state index in [4.69, 9.17) is 0 Å². The van der Waals surface area contributed by atoms with Gasteiger partial charge in [-0.15, -0.1) is 11.3 Å². The van der Waals surface area contributed by atoms with Crippen LogP contribution in [0.1, 0.15) is 17.7 Å². The Morgan fingerprint density at radius 3 is 3.00 bits per heavy atom. The lowest BCUT2D eigenvalue weighted by Crippen LogP contribution is -2.41. The van der Waals surface area contributed by atoms with E-state index in [1.54, 1.807) is 24.8 Å². The highest BCUT2D eigenvalue weighted by Crippen LogP contribution is 2.23. The molecule has 1 amide bonds. The fraction of sp³-hybridized carbons (Fsp3) is 0.429. The van der Waals surface area contributed by atoms with Crippen LogP contribution in [0, 0.1) is 12.8 Å². The number of hydrogen-bond donors (Lipinski definition) is 1. The second kappa shape index (κ2) is 6.17. The van der Waals surface area contributed by atoms with Crippen LogP contribution >= 0.6 is 11.3 Å². The third-order valence-corrected chi connectivity index (χ3v) is 4.35. The van der Waals surface area contributed by atoms with E-state index in [0.717, 1.165) is 30.1 Å². The molecule has 1 N–H and O–H groups in total. The number of nitrogens with zero attached hydrogens (tertiary/aromatic N) is 4. The highest BCUT2D eigenvalue weighted by Gasteiger charge is 2.27. The van der Waals surface area contributed by atoms with Crippen molar-refractivity contribution in [3.05, 3.63) is 29.7 Å². The number of piperidine rings is 1. The summed E-state index contributed by atoms with van der Waals surface area (Å²) in [6.45, 7) is 3.57. The maximum atomic E-state index is 12.3. The lowest BCUT2D eigenvalue weighted by molar-refractivity contribution is -0.120. The van der Waals surface area contributed by atoms with Crippen molar-refractivity contribution in [2.45, 2.75) is 19.8 Å². The number of carbonyl (C=O) groups is 1. The van der Waals surface area contributed by atoms with Crippen molar-refractivity contribution in [1.29, 1.82) is 0 Å². The van der Waals surface area contributed by atoms with E-state index in [1.807, 2.05) is 6.92 Å². The van der Waals surface area contributed by atoms with Crippen LogP contribution in [-0.4, -0.2) is 33.9 Å². The van der Waals surface area contributed by atoms with Crippen LogP contribution in [0.25, 0.3) is 0 Å². The van der Waals surface area contributed by atoms with E-state index in [2.05, 4.69) is 25.2 Å². The smallest absolute Gasteiger partial charge is 0.231 e. The van der Waals surface area contributed by atoms with Gasteiger partial charge in [-0.2, -0.15) is 0 Å². The first-order valence-corrected chi connectivity index (χ1v) is 7.78. The number of aromatic nitrogens is 3. The fourth-order valence-corrected chi connectivity index (χ4v) is 3.14. The molecule has 21 heavy (non-hydrogen) atoms. The number of amides is 1. The van der Waals surface area contributed by atoms with Crippen LogP contribution in [0.5, 0.6) is 0 Å². The average Bonchev–Trinajstić information content (AvgIpc) is 2.93. The quantitative estimate of drug-likeness (QED) is 0.940. The van der Waals surface area contributed by atoms with E-state index in [0.29, 0.717) is 11.7 Å². The molecule has 1 aliphatic heterocycles. The third kappa shape index (κ3) is 3.36. The molecule has 3 rings (SSSR count). The van der Waals surface area contributed by atoms with Crippen molar-refractivity contribution in [1.82, 2.24) is 15.0 Å². The second-order valence-corrected chi connectivity index (χ2v) is 6.35. The maximum Gasteiger partial charge on any atom is 0.231 e. The molecule has 1 aliphatic rings. The van der Waals surface area contributed by atoms with Gasteiger partial charge in [0.1, 0.15) is 5.82 Å². The largest absolute Gasteiger partial charge is 0.355 e. The first-order valence-electron chi connectivity index (χ1n) is 6.96. The zero-order valence-electron chi connectivity index (χ0n) is 11.8. The molecule has 0 bridgehead atoms. The number of carbonyl (C=O) groups excluding carboxylic acids is 1. The molecule has 0 radical (unpaired) electrons. The number of nitrogens with one attached hydrogen (secondary N) is 1. The Balaban J connectivity index is 1.64. The number of aryl methyl sites for hydroxylation is 1. The minimum Gasteiger partial charge on any atom is -0.355 e. The molecule has 6 nitrogen and oxygen atoms in total. The van der Waals surface area contributed by atoms with Gasteiger partial charge in [0.25, 0.3) is 0 Å². The van der Waals surface area contributed by atoms with Gasteiger partial charge in [0.15, 0.2) is 5.13 Å². The Kier molecular flexibility index (Phi) is 4.10. The highest BCUT2D eigenvalue weighted by atomic mass is 32.1. The predicted octanol–water partition coefficient (Wildman–Crippen LogP) is 2.10. The van der Waals surface area contributed by atoms with Crippen LogP contribution < -0.4 is 10.2 Å². The molecule has 0 aromatic carbocycles. The molecule has 0 spiro atoms. The number of hydrogen-bond acceptors (Lipinski definition) is 6. The normalized spacial score (nSPS) is 18.5. The number of thiazole rings is 1. The SMILES string of the molecule is Cc1cnc(NC(=O)C2CCCN(c3cnccn3)C2)s1. The standard InChI is InChI=1S/C14H17N5OS/c1-10-7-17-14(21-10)18-13(20)11-3-2-6-19(9-11)12-8-15-4-5-16-12/h4-5,7-8,11H,2-3,6,9H2,1H3,(H,17,18,20). The Labute approximate surface area is 127 Å². The minimum absolute atomic E-state index is 0.0371. The summed E-state index contributed by atoms with van der Waals surface area (Å²) in [5.41, 5.74) is 0. The Morgan fingerprint density at radius 2 is 2.29 bits per heavy atom. The van der Waals surface area contributed by atoms with E-state index in [9.17, 15) is 4.79 Å². The Morgan fingerprint density at radius 1 is 1.38 bits per heavy atom. The monoisotopic (exact) mass is 303 g/mol. The Bertz CT molecular complexity index is 615. The third-order valence-electron chi connectivity index (χ3n) is 3.52. The molecule has 2 aromatic heterocycles. The zero-order valence-corrected chi connectivity index (χ0v) is 12.6. The second-order valence-electron chi connectivity index (χ2n) is 5.11. The van der Waals surface area contributed by atoms with Crippen molar-refractivity contribution in [3.8, 4) is 0 Å². The van der Waals surface area contributed by atoms with Gasteiger partial charge < -0.3 is 10.2 Å². The van der Waals surface area contributed by atoms with Gasteiger partial charge in [0, 0.05) is 36.6 Å². The summed E-state index contributed by atoms with van der Waals surface area (Å²) in [6.07, 6.45) is 8.72. The van der Waals surface area contributed by atoms with Crippen LogP contribution in [0.15, 0.2) is 24.8 Å². The molecule has 1 atom stereocenters. The van der Waals surface area contributed by atoms with Crippen molar-refractivity contribution in [2.24, 2.45) is 5.92 Å². The van der Waals surface area contributed by atoms with Gasteiger partial charge in [-0.1, -0.05) is 0 Å². The summed E-state index contributed by atoms with van der Waals surface area (Å²) in [5.74, 6) is 0.836. The zero-order chi connectivity index (χ0) is 14.7. The molecule has 0 aliphatic carbocycles. The molecule has 1 unspecified atom stereocenters. The Hall–Kier alpha value is -2.02. The van der Waals surface area contributed by atoms with Crippen LogP contribution in [0.3, 0.4) is 0 Å². The van der Waals surface area contributed by atoms with E-state index in [-0.39, 0.29) is 11.8 Å². The van der Waals surface area contributed by atoms with Crippen LogP contribution in [0.2, 0.25) is 0 Å². The molecule has 3 heterocycles. The predicted molar refractivity (Wildman–Crippen MR) is 82.4 cm³/mol. The molecule has 1 fully saturated rings. The van der Waals surface area contributed by atoms with E-state index < -0.39 is 0 Å². The van der Waals surface area contributed by atoms with Crippen molar-refractivity contribution in [2.75, 3.05) is 23.3 Å². The number of anilines is 2. The first-order chi connectivity index (χ1) is 10.2. The van der Waals surface area contributed by atoms with Crippen LogP contribution in [0.4, 0.5) is 10.9 Å². The molecule has 110 valence electrons. The lowest BCUT2D eigenvalue weighted by atomic mass is 9.97. The molecular formula is C14H17N5OS. The summed E-state index contributed by atoms with van der Waals surface area (Å²) in [6, 6.07) is 0. The maximum absolute atomic E-state index is 12.3. The number of rotatable bonds is 3. The molecule has 1 saturated heterocycles. The van der Waals surface area contributed by atoms with E-state index in [1.165, 1.54) is 11.3 Å². The summed E-state index contributed by atoms with van der Waals surface area (Å²) in [5, 5.41) is 3.59. The van der Waals surface area contributed by atoms with Gasteiger partial charge in [-0.3, -0.25) is 9.78 Å². The lowest BCUT2D eigenvalue weighted by Gasteiger charge is -2.32. The summed E-state index contributed by atoms with van der Waals surface area (Å²) >= 11 is 1.50. The summed E-state index contributed by atoms with van der Waals surface area (Å²) in [4.78, 5) is 28.1. The van der Waals surface area contributed by atoms with Gasteiger partial charge in [0.05, 0.1) is 12.1 Å². The summed E-state index contributed by atoms with van der Waals surface area (Å²) < 4.78 is 0. The van der Waals surface area contributed by atoms with Crippen molar-refractivity contribution in [3.63, 3.8) is 0 Å². The van der Waals surface area contributed by atoms with Crippen molar-refractivity contribution < 1.29 is 4.79 Å². The molecule has 2 aromatic rings. The van der Waals surface area contributed by atoms with Gasteiger partial charge in [0.2, 0.25) is 5.91 Å². The topological polar surface area (TPSA) is 71.0 Å². The molecule has 7 heteroatoms.